The molecule has 0 fully saturated rings. The van der Waals surface area contributed by atoms with Crippen molar-refractivity contribution in [3.63, 3.8) is 0 Å². The SMILES string of the molecule is OC(O)(C(F)(F)C(F)(F)C(F)(F)C(F)(F)C(F)(F)C(F)(F)C(F)(F)C(F)(F)F)C(O)(O)[Si](OC(F)(F)F)(OC(F)(F)F)OC(F)(F)F. The molecule has 284 valence electrons. The first-order valence-corrected chi connectivity index (χ1v) is 11.3. The molecule has 0 aromatic rings. The van der Waals surface area contributed by atoms with Gasteiger partial charge in [-0.05, 0) is 0 Å². The number of aliphatic hydroxyl groups is 4. The van der Waals surface area contributed by atoms with Crippen LogP contribution in [0.5, 0.6) is 0 Å². The molecule has 0 aromatic carbocycles. The summed E-state index contributed by atoms with van der Waals surface area (Å²) in [4.78, 5) is 0. The molecule has 0 heterocycles. The Bertz CT molecular complexity index is 1080. The average molecular weight is 794 g/mol. The zero-order chi connectivity index (χ0) is 39.1. The van der Waals surface area contributed by atoms with E-state index in [2.05, 4.69) is 0 Å². The van der Waals surface area contributed by atoms with Crippen molar-refractivity contribution < 1.29 is 148 Å². The van der Waals surface area contributed by atoms with E-state index in [0.717, 1.165) is 0 Å². The normalized spacial score (nSPS) is 17.0. The molecule has 0 atom stereocenters. The van der Waals surface area contributed by atoms with Crippen molar-refractivity contribution in [1.82, 2.24) is 0 Å². The first-order chi connectivity index (χ1) is 19.6. The second-order valence-electron chi connectivity index (χ2n) is 8.06. The summed E-state index contributed by atoms with van der Waals surface area (Å²) in [7, 11) is -9.97. The molecule has 47 heavy (non-hydrogen) atoms. The minimum Gasteiger partial charge on any atom is -0.358 e. The average Bonchev–Trinajstić information content (AvgIpc) is 2.73. The van der Waals surface area contributed by atoms with E-state index >= 15 is 0 Å². The van der Waals surface area contributed by atoms with Crippen LogP contribution in [0.3, 0.4) is 0 Å². The van der Waals surface area contributed by atoms with E-state index in [0.29, 0.717) is 0 Å². The predicted octanol–water partition coefficient (Wildman–Crippen LogP) is 5.44. The van der Waals surface area contributed by atoms with E-state index in [1.807, 2.05) is 0 Å². The third-order valence-electron chi connectivity index (χ3n) is 4.82. The van der Waals surface area contributed by atoms with Crippen LogP contribution in [0.4, 0.5) is 114 Å². The Labute approximate surface area is 236 Å². The van der Waals surface area contributed by atoms with E-state index < -0.39 is 86.7 Å². The standard InChI is InChI=1S/C13H4F26O7Si/c14-1(15,3(18,19)5(22,23)7(26,27)9(28,29)30)2(16,17)4(20,21)6(24,25)8(40,41)10(42,43)47(44-11(31,32)33,45-12(34,35)36)46-13(37,38)39/h40-43H. The Kier molecular flexibility index (Phi) is 10.9. The number of alkyl halides is 26. The van der Waals surface area contributed by atoms with Gasteiger partial charge in [0.15, 0.2) is 0 Å². The largest absolute Gasteiger partial charge is 0.588 e. The summed E-state index contributed by atoms with van der Waals surface area (Å²) >= 11 is 0. The number of rotatable bonds is 12. The maximum atomic E-state index is 14.3. The molecule has 0 radical (unpaired) electrons. The lowest BCUT2D eigenvalue weighted by Crippen LogP contribution is -2.85. The molecule has 0 saturated heterocycles. The van der Waals surface area contributed by atoms with Gasteiger partial charge in [0.25, 0.3) is 11.2 Å². The first kappa shape index (κ1) is 45.1. The predicted molar refractivity (Wildman–Crippen MR) is 82.2 cm³/mol. The fourth-order valence-electron chi connectivity index (χ4n) is 2.55. The fourth-order valence-corrected chi connectivity index (χ4v) is 4.60. The molecule has 34 heteroatoms. The zero-order valence-electron chi connectivity index (χ0n) is 19.8. The van der Waals surface area contributed by atoms with Crippen molar-refractivity contribution in [2.75, 3.05) is 0 Å². The van der Waals surface area contributed by atoms with Crippen molar-refractivity contribution in [3.05, 3.63) is 0 Å². The Balaban J connectivity index is 7.86. The second-order valence-corrected chi connectivity index (χ2v) is 10.5. The van der Waals surface area contributed by atoms with Gasteiger partial charge in [0.1, 0.15) is 0 Å². The number of hydrogen-bond acceptors (Lipinski definition) is 7. The van der Waals surface area contributed by atoms with Gasteiger partial charge in [-0.3, -0.25) is 13.3 Å². The monoisotopic (exact) mass is 794 g/mol. The van der Waals surface area contributed by atoms with Crippen LogP contribution in [0.15, 0.2) is 0 Å². The maximum Gasteiger partial charge on any atom is 0.588 e. The van der Waals surface area contributed by atoms with Crippen molar-refractivity contribution in [3.8, 4) is 0 Å². The molecule has 0 aliphatic heterocycles. The molecule has 0 rings (SSSR count). The van der Waals surface area contributed by atoms with Crippen LogP contribution in [-0.2, 0) is 13.3 Å². The van der Waals surface area contributed by atoms with Gasteiger partial charge in [-0.1, -0.05) is 0 Å². The molecule has 0 aromatic heterocycles. The van der Waals surface area contributed by atoms with E-state index in [1.54, 1.807) is 13.3 Å². The molecule has 7 nitrogen and oxygen atoms in total. The topological polar surface area (TPSA) is 109 Å². The van der Waals surface area contributed by atoms with E-state index in [4.69, 9.17) is 10.2 Å². The van der Waals surface area contributed by atoms with Crippen molar-refractivity contribution in [1.29, 1.82) is 0 Å². The lowest BCUT2D eigenvalue weighted by atomic mass is 9.86. The Morgan fingerprint density at radius 1 is 0.298 bits per heavy atom. The molecule has 0 aliphatic carbocycles. The minimum atomic E-state index is -9.97. The fraction of sp³-hybridized carbons (Fsp3) is 1.00. The van der Waals surface area contributed by atoms with Crippen molar-refractivity contribution in [2.45, 2.75) is 77.9 Å². The molecule has 0 spiro atoms. The molecular weight excluding hydrogens is 790 g/mol. The lowest BCUT2D eigenvalue weighted by molar-refractivity contribution is -0.496. The first-order valence-electron chi connectivity index (χ1n) is 9.53. The van der Waals surface area contributed by atoms with E-state index in [1.165, 1.54) is 0 Å². The highest BCUT2D eigenvalue weighted by Gasteiger charge is 2.98. The molecule has 0 amide bonds. The summed E-state index contributed by atoms with van der Waals surface area (Å²) in [5.41, 5.74) is -7.94. The van der Waals surface area contributed by atoms with Gasteiger partial charge in [0.05, 0.1) is 0 Å². The molecular formula is C13H4F26O7Si. The highest BCUT2D eigenvalue weighted by molar-refractivity contribution is 6.64. The van der Waals surface area contributed by atoms with Gasteiger partial charge < -0.3 is 20.4 Å². The van der Waals surface area contributed by atoms with Gasteiger partial charge in [-0.2, -0.15) is 74.6 Å². The van der Waals surface area contributed by atoms with Gasteiger partial charge in [-0.25, -0.2) is 0 Å². The summed E-state index contributed by atoms with van der Waals surface area (Å²) in [6.07, 6.45) is -30.9. The molecule has 0 saturated carbocycles. The Hall–Kier alpha value is -1.88. The van der Waals surface area contributed by atoms with Crippen LogP contribution in [0, 0.1) is 0 Å². The minimum absolute atomic E-state index is 1.67. The summed E-state index contributed by atoms with van der Waals surface area (Å²) in [6, 6.07) is 0. The smallest absolute Gasteiger partial charge is 0.358 e. The molecule has 0 bridgehead atoms. The second kappa shape index (κ2) is 11.3. The number of halogens is 26. The molecule has 0 unspecified atom stereocenters. The van der Waals surface area contributed by atoms with E-state index in [-0.39, 0.29) is 0 Å². The maximum absolute atomic E-state index is 14.3. The van der Waals surface area contributed by atoms with Gasteiger partial charge in [-0.15, -0.1) is 39.5 Å². The quantitative estimate of drug-likeness (QED) is 0.118. The lowest BCUT2D eigenvalue weighted by Gasteiger charge is -2.49. The number of hydrogen-bond donors (Lipinski definition) is 4. The zero-order valence-corrected chi connectivity index (χ0v) is 20.8. The highest BCUT2D eigenvalue weighted by atomic mass is 28.4. The Morgan fingerprint density at radius 2 is 0.489 bits per heavy atom. The van der Waals surface area contributed by atoms with Crippen LogP contribution >= 0.6 is 0 Å². The van der Waals surface area contributed by atoms with Crippen LogP contribution in [0.1, 0.15) is 0 Å². The Morgan fingerprint density at radius 3 is 0.681 bits per heavy atom. The summed E-state index contributed by atoms with van der Waals surface area (Å²) in [5, 5.41) is 36.4. The van der Waals surface area contributed by atoms with Gasteiger partial charge in [0, 0.05) is 0 Å². The summed E-state index contributed by atoms with van der Waals surface area (Å²) < 4.78 is 346. The van der Waals surface area contributed by atoms with E-state index in [9.17, 15) is 124 Å². The summed E-state index contributed by atoms with van der Waals surface area (Å²) in [5.74, 6) is -73.8. The van der Waals surface area contributed by atoms with Crippen molar-refractivity contribution in [2.24, 2.45) is 0 Å². The van der Waals surface area contributed by atoms with Gasteiger partial charge >= 0.3 is 75.5 Å². The molecule has 4 N–H and O–H groups in total. The molecule has 0 aliphatic rings. The summed E-state index contributed by atoms with van der Waals surface area (Å²) in [6.45, 7) is 0. The van der Waals surface area contributed by atoms with Crippen molar-refractivity contribution >= 4 is 8.80 Å². The van der Waals surface area contributed by atoms with Crippen LogP contribution < -0.4 is 0 Å². The third-order valence-corrected chi connectivity index (χ3v) is 7.53. The highest BCUT2D eigenvalue weighted by Crippen LogP contribution is 2.65. The van der Waals surface area contributed by atoms with Gasteiger partial charge in [0.2, 0.25) is 0 Å². The van der Waals surface area contributed by atoms with Crippen LogP contribution in [0.2, 0.25) is 0 Å². The van der Waals surface area contributed by atoms with Crippen LogP contribution in [-0.4, -0.2) is 107 Å². The van der Waals surface area contributed by atoms with Crippen LogP contribution in [0.25, 0.3) is 0 Å². The third kappa shape index (κ3) is 6.95.